The first-order valence-electron chi connectivity index (χ1n) is 15.9. The fraction of sp³-hybridized carbons (Fsp3) is 0.0667. The minimum absolute atomic E-state index is 0.180. The molecule has 0 saturated heterocycles. The molecule has 0 amide bonds. The van der Waals surface area contributed by atoms with E-state index in [1.54, 1.807) is 0 Å². The van der Waals surface area contributed by atoms with E-state index in [4.69, 9.17) is 0 Å². The first kappa shape index (κ1) is 24.9. The summed E-state index contributed by atoms with van der Waals surface area (Å²) in [5.74, 6) is 0. The lowest BCUT2D eigenvalue weighted by atomic mass is 9.77. The Hall–Kier alpha value is -5.46. The molecule has 0 aliphatic heterocycles. The molecular weight excluding hydrogens is 540 g/mol. The third-order valence-corrected chi connectivity index (χ3v) is 10.6. The molecule has 9 aromatic rings. The molecule has 0 unspecified atom stereocenters. The van der Waals surface area contributed by atoms with Gasteiger partial charge in [-0.1, -0.05) is 147 Å². The zero-order valence-corrected chi connectivity index (χ0v) is 25.4. The van der Waals surface area contributed by atoms with Crippen LogP contribution in [-0.2, 0) is 5.41 Å². The topological polar surface area (TPSA) is 0 Å². The number of hydrogen-bond acceptors (Lipinski definition) is 0. The van der Waals surface area contributed by atoms with E-state index in [1.807, 2.05) is 0 Å². The van der Waals surface area contributed by atoms with Crippen molar-refractivity contribution in [1.29, 1.82) is 0 Å². The van der Waals surface area contributed by atoms with Crippen molar-refractivity contribution in [3.8, 4) is 33.4 Å². The van der Waals surface area contributed by atoms with Gasteiger partial charge in [-0.05, 0) is 111 Å². The van der Waals surface area contributed by atoms with Crippen LogP contribution in [0.2, 0.25) is 0 Å². The molecule has 0 radical (unpaired) electrons. The van der Waals surface area contributed by atoms with E-state index in [1.165, 1.54) is 98.4 Å². The summed E-state index contributed by atoms with van der Waals surface area (Å²) in [5.41, 5.74) is 10.6. The van der Waals surface area contributed by atoms with Gasteiger partial charge < -0.3 is 0 Å². The molecule has 0 heteroatoms. The average molecular weight is 571 g/mol. The van der Waals surface area contributed by atoms with Crippen LogP contribution in [0.5, 0.6) is 0 Å². The summed E-state index contributed by atoms with van der Waals surface area (Å²) >= 11 is 0. The van der Waals surface area contributed by atoms with E-state index in [0.717, 1.165) is 0 Å². The van der Waals surface area contributed by atoms with Crippen LogP contribution in [-0.4, -0.2) is 0 Å². The SMILES string of the molecule is CC1(C)c2cc(-c3ccc4ccc5cccc6ccc3c4c56)ccc2-c2c1c(-c1cccc3ccccc13)cc1ccccc21. The van der Waals surface area contributed by atoms with Crippen LogP contribution in [0.1, 0.15) is 25.0 Å². The van der Waals surface area contributed by atoms with Crippen molar-refractivity contribution in [1.82, 2.24) is 0 Å². The van der Waals surface area contributed by atoms with Gasteiger partial charge in [0.25, 0.3) is 0 Å². The van der Waals surface area contributed by atoms with Gasteiger partial charge in [-0.15, -0.1) is 0 Å². The van der Waals surface area contributed by atoms with Gasteiger partial charge in [-0.2, -0.15) is 0 Å². The van der Waals surface area contributed by atoms with Gasteiger partial charge in [0.2, 0.25) is 0 Å². The first-order valence-corrected chi connectivity index (χ1v) is 15.9. The fourth-order valence-corrected chi connectivity index (χ4v) is 8.52. The molecule has 9 aromatic carbocycles. The first-order chi connectivity index (χ1) is 22.1. The number of rotatable bonds is 2. The van der Waals surface area contributed by atoms with Crippen molar-refractivity contribution in [3.63, 3.8) is 0 Å². The minimum atomic E-state index is -0.180. The Balaban J connectivity index is 1.25. The zero-order chi connectivity index (χ0) is 29.9. The van der Waals surface area contributed by atoms with Gasteiger partial charge in [0, 0.05) is 5.41 Å². The van der Waals surface area contributed by atoms with Gasteiger partial charge in [-0.3, -0.25) is 0 Å². The third kappa shape index (κ3) is 3.32. The molecule has 0 heterocycles. The summed E-state index contributed by atoms with van der Waals surface area (Å²) in [4.78, 5) is 0. The monoisotopic (exact) mass is 570 g/mol. The lowest BCUT2D eigenvalue weighted by Crippen LogP contribution is -2.16. The number of hydrogen-bond donors (Lipinski definition) is 0. The normalized spacial score (nSPS) is 13.7. The molecule has 0 bridgehead atoms. The molecule has 1 aliphatic rings. The maximum atomic E-state index is 2.49. The van der Waals surface area contributed by atoms with E-state index in [9.17, 15) is 0 Å². The van der Waals surface area contributed by atoms with Gasteiger partial charge in [0.1, 0.15) is 0 Å². The summed E-state index contributed by atoms with van der Waals surface area (Å²) in [6.45, 7) is 4.85. The lowest BCUT2D eigenvalue weighted by molar-refractivity contribution is 0.663. The summed E-state index contributed by atoms with van der Waals surface area (Å²) in [5, 5.41) is 13.2. The molecule has 210 valence electrons. The van der Waals surface area contributed by atoms with E-state index < -0.39 is 0 Å². The van der Waals surface area contributed by atoms with Crippen LogP contribution in [0.3, 0.4) is 0 Å². The summed E-state index contributed by atoms with van der Waals surface area (Å²) in [6, 6.07) is 54.6. The molecule has 45 heavy (non-hydrogen) atoms. The third-order valence-electron chi connectivity index (χ3n) is 10.6. The molecule has 0 saturated carbocycles. The Morgan fingerprint density at radius 2 is 1.00 bits per heavy atom. The van der Waals surface area contributed by atoms with Crippen LogP contribution >= 0.6 is 0 Å². The second-order valence-corrected chi connectivity index (χ2v) is 13.3. The van der Waals surface area contributed by atoms with Gasteiger partial charge in [-0.25, -0.2) is 0 Å². The molecule has 0 fully saturated rings. The summed E-state index contributed by atoms with van der Waals surface area (Å²) in [6.07, 6.45) is 0. The summed E-state index contributed by atoms with van der Waals surface area (Å²) in [7, 11) is 0. The second kappa shape index (κ2) is 8.80. The van der Waals surface area contributed by atoms with E-state index >= 15 is 0 Å². The quantitative estimate of drug-likeness (QED) is 0.181. The molecule has 0 nitrogen and oxygen atoms in total. The zero-order valence-electron chi connectivity index (χ0n) is 25.4. The molecule has 0 aromatic heterocycles. The van der Waals surface area contributed by atoms with Crippen molar-refractivity contribution in [2.45, 2.75) is 19.3 Å². The molecule has 1 aliphatic carbocycles. The predicted octanol–water partition coefficient (Wildman–Crippen LogP) is 12.5. The molecule has 0 spiro atoms. The standard InChI is InChI=1S/C45H30/c1-45(2)40-26-32(34-22-19-30-18-17-28-12-7-13-29-20-23-37(34)42(30)41(28)29)21-24-38(40)43-35-15-6-4-10-31(35)25-39(44(43)45)36-16-8-11-27-9-3-5-14-33(27)36/h3-26H,1-2H3. The van der Waals surface area contributed by atoms with E-state index in [0.29, 0.717) is 0 Å². The van der Waals surface area contributed by atoms with Crippen molar-refractivity contribution in [3.05, 3.63) is 157 Å². The molecule has 10 rings (SSSR count). The van der Waals surface area contributed by atoms with E-state index in [-0.39, 0.29) is 5.41 Å². The Bertz CT molecular complexity index is 2650. The average Bonchev–Trinajstić information content (AvgIpc) is 3.33. The van der Waals surface area contributed by atoms with Crippen LogP contribution in [0, 0.1) is 0 Å². The smallest absolute Gasteiger partial charge is 0.0165 e. The van der Waals surface area contributed by atoms with Crippen LogP contribution < -0.4 is 0 Å². The summed E-state index contributed by atoms with van der Waals surface area (Å²) < 4.78 is 0. The Kier molecular flexibility index (Phi) is 4.88. The molecule has 0 N–H and O–H groups in total. The van der Waals surface area contributed by atoms with E-state index in [2.05, 4.69) is 159 Å². The highest BCUT2D eigenvalue weighted by atomic mass is 14.4. The Morgan fingerprint density at radius 1 is 0.378 bits per heavy atom. The highest BCUT2D eigenvalue weighted by Gasteiger charge is 2.39. The highest BCUT2D eigenvalue weighted by Crippen LogP contribution is 2.56. The number of benzene rings is 9. The van der Waals surface area contributed by atoms with Crippen molar-refractivity contribution < 1.29 is 0 Å². The maximum Gasteiger partial charge on any atom is 0.0165 e. The van der Waals surface area contributed by atoms with Crippen molar-refractivity contribution >= 4 is 53.9 Å². The van der Waals surface area contributed by atoms with Gasteiger partial charge >= 0.3 is 0 Å². The van der Waals surface area contributed by atoms with Crippen molar-refractivity contribution in [2.24, 2.45) is 0 Å². The number of fused-ring (bicyclic) bond motifs is 6. The van der Waals surface area contributed by atoms with Crippen LogP contribution in [0.4, 0.5) is 0 Å². The highest BCUT2D eigenvalue weighted by molar-refractivity contribution is 6.25. The predicted molar refractivity (Wildman–Crippen MR) is 194 cm³/mol. The Morgan fingerprint density at radius 3 is 1.84 bits per heavy atom. The fourth-order valence-electron chi connectivity index (χ4n) is 8.52. The minimum Gasteiger partial charge on any atom is -0.0616 e. The van der Waals surface area contributed by atoms with Gasteiger partial charge in [0.15, 0.2) is 0 Å². The largest absolute Gasteiger partial charge is 0.0616 e. The second-order valence-electron chi connectivity index (χ2n) is 13.3. The maximum absolute atomic E-state index is 2.49. The van der Waals surface area contributed by atoms with Crippen LogP contribution in [0.25, 0.3) is 87.2 Å². The van der Waals surface area contributed by atoms with Crippen LogP contribution in [0.15, 0.2) is 146 Å². The Labute approximate surface area is 262 Å². The van der Waals surface area contributed by atoms with Crippen molar-refractivity contribution in [2.75, 3.05) is 0 Å². The molecular formula is C45H30. The van der Waals surface area contributed by atoms with Gasteiger partial charge in [0.05, 0.1) is 0 Å². The molecule has 0 atom stereocenters. The lowest BCUT2D eigenvalue weighted by Gasteiger charge is -2.26.